The average molecular weight is 459 g/mol. The fourth-order valence-electron chi connectivity index (χ4n) is 3.20. The summed E-state index contributed by atoms with van der Waals surface area (Å²) >= 11 is 0. The Hall–Kier alpha value is -4.00. The molecule has 1 amide bonds. The number of hydrogen-bond acceptors (Lipinski definition) is 6. The number of carbonyl (C=O) groups excluding carboxylic acids is 1. The maximum Gasteiger partial charge on any atom is 0.475 e. The van der Waals surface area contributed by atoms with Crippen LogP contribution in [0.4, 0.5) is 4.39 Å². The second kappa shape index (κ2) is 12.3. The van der Waals surface area contributed by atoms with Crippen LogP contribution in [0, 0.1) is 17.1 Å². The molecule has 1 unspecified atom stereocenters. The summed E-state index contributed by atoms with van der Waals surface area (Å²) in [4.78, 5) is 16.4. The highest BCUT2D eigenvalue weighted by Gasteiger charge is 2.25. The van der Waals surface area contributed by atoms with Gasteiger partial charge in [0.25, 0.3) is 0 Å². The standard InChI is InChI=1S/C25H23BFN3O4/c27-21-10-9-19(14-20(17-28)22-8-4-5-12-29-22)15-23(21)34-13-11-25(31)30-24(26(32)33)16-18-6-2-1-3-7-18/h1-10,12,14-15,24,32-33H,11,13,16H2,(H,30,31). The summed E-state index contributed by atoms with van der Waals surface area (Å²) in [6, 6.07) is 20.5. The van der Waals surface area contributed by atoms with Gasteiger partial charge in [-0.15, -0.1) is 0 Å². The Kier molecular flexibility index (Phi) is 8.92. The molecule has 3 N–H and O–H groups in total. The normalized spacial score (nSPS) is 11.9. The molecule has 9 heteroatoms. The second-order valence-corrected chi connectivity index (χ2v) is 7.45. The third kappa shape index (κ3) is 7.27. The number of rotatable bonds is 10. The van der Waals surface area contributed by atoms with Gasteiger partial charge in [-0.2, -0.15) is 5.26 Å². The minimum atomic E-state index is -1.74. The van der Waals surface area contributed by atoms with Gasteiger partial charge in [-0.25, -0.2) is 4.39 Å². The molecule has 1 aromatic heterocycles. The summed E-state index contributed by atoms with van der Waals surface area (Å²) in [6.45, 7) is -0.124. The van der Waals surface area contributed by atoms with Crippen molar-refractivity contribution in [3.8, 4) is 11.8 Å². The van der Waals surface area contributed by atoms with Gasteiger partial charge in [0.15, 0.2) is 11.6 Å². The highest BCUT2D eigenvalue weighted by atomic mass is 19.1. The lowest BCUT2D eigenvalue weighted by Gasteiger charge is -2.18. The van der Waals surface area contributed by atoms with E-state index in [0.717, 1.165) is 5.56 Å². The van der Waals surface area contributed by atoms with Gasteiger partial charge < -0.3 is 20.1 Å². The fraction of sp³-hybridized carbons (Fsp3) is 0.160. The number of benzene rings is 2. The summed E-state index contributed by atoms with van der Waals surface area (Å²) in [5, 5.41) is 31.2. The molecule has 0 spiro atoms. The zero-order valence-corrected chi connectivity index (χ0v) is 18.3. The molecular formula is C25H23BFN3O4. The van der Waals surface area contributed by atoms with E-state index in [1.54, 1.807) is 30.5 Å². The van der Waals surface area contributed by atoms with Crippen LogP contribution in [-0.4, -0.2) is 40.6 Å². The molecule has 0 aliphatic carbocycles. The monoisotopic (exact) mass is 459 g/mol. The van der Waals surface area contributed by atoms with Gasteiger partial charge in [-0.3, -0.25) is 9.78 Å². The molecule has 0 aliphatic rings. The Morgan fingerprint density at radius 3 is 2.62 bits per heavy atom. The van der Waals surface area contributed by atoms with Crippen molar-refractivity contribution >= 4 is 24.7 Å². The molecule has 34 heavy (non-hydrogen) atoms. The fourth-order valence-corrected chi connectivity index (χ4v) is 3.20. The summed E-state index contributed by atoms with van der Waals surface area (Å²) in [5.74, 6) is -2.03. The number of allylic oxidation sites excluding steroid dienone is 1. The predicted molar refractivity (Wildman–Crippen MR) is 127 cm³/mol. The van der Waals surface area contributed by atoms with Crippen LogP contribution in [0.1, 0.15) is 23.2 Å². The lowest BCUT2D eigenvalue weighted by atomic mass is 9.76. The number of hydrogen-bond donors (Lipinski definition) is 3. The first-order chi connectivity index (χ1) is 16.5. The number of nitrogens with one attached hydrogen (secondary N) is 1. The molecule has 0 saturated carbocycles. The third-order valence-electron chi connectivity index (χ3n) is 4.92. The van der Waals surface area contributed by atoms with Crippen molar-refractivity contribution in [1.82, 2.24) is 10.3 Å². The van der Waals surface area contributed by atoms with Crippen LogP contribution in [0.5, 0.6) is 5.75 Å². The van der Waals surface area contributed by atoms with Gasteiger partial charge in [0.05, 0.1) is 30.2 Å². The lowest BCUT2D eigenvalue weighted by molar-refractivity contribution is -0.122. The maximum absolute atomic E-state index is 14.2. The van der Waals surface area contributed by atoms with E-state index in [2.05, 4.69) is 16.4 Å². The average Bonchev–Trinajstić information content (AvgIpc) is 2.85. The van der Waals surface area contributed by atoms with Gasteiger partial charge in [0, 0.05) is 6.20 Å². The molecule has 3 aromatic rings. The first kappa shape index (κ1) is 24.6. The molecule has 7 nitrogen and oxygen atoms in total. The number of carbonyl (C=O) groups is 1. The summed E-state index contributed by atoms with van der Waals surface area (Å²) < 4.78 is 19.6. The minimum Gasteiger partial charge on any atom is -0.490 e. The summed E-state index contributed by atoms with van der Waals surface area (Å²) in [7, 11) is -1.74. The van der Waals surface area contributed by atoms with E-state index >= 15 is 0 Å². The van der Waals surface area contributed by atoms with Crippen LogP contribution in [-0.2, 0) is 11.2 Å². The van der Waals surface area contributed by atoms with Crippen molar-refractivity contribution in [1.29, 1.82) is 5.26 Å². The summed E-state index contributed by atoms with van der Waals surface area (Å²) in [6.07, 6.45) is 3.27. The van der Waals surface area contributed by atoms with Crippen LogP contribution in [0.3, 0.4) is 0 Å². The highest BCUT2D eigenvalue weighted by molar-refractivity contribution is 6.43. The third-order valence-corrected chi connectivity index (χ3v) is 4.92. The molecule has 172 valence electrons. The maximum atomic E-state index is 14.2. The van der Waals surface area contributed by atoms with Crippen LogP contribution in [0.2, 0.25) is 0 Å². The predicted octanol–water partition coefficient (Wildman–Crippen LogP) is 2.79. The smallest absolute Gasteiger partial charge is 0.475 e. The van der Waals surface area contributed by atoms with Gasteiger partial charge in [0.1, 0.15) is 6.07 Å². The van der Waals surface area contributed by atoms with E-state index < -0.39 is 24.8 Å². The molecule has 0 saturated heterocycles. The molecule has 2 aromatic carbocycles. The van der Waals surface area contributed by atoms with Crippen molar-refractivity contribution in [2.75, 3.05) is 6.61 Å². The Morgan fingerprint density at radius 2 is 1.94 bits per heavy atom. The zero-order chi connectivity index (χ0) is 24.3. The van der Waals surface area contributed by atoms with Crippen molar-refractivity contribution < 1.29 is 24.0 Å². The Balaban J connectivity index is 1.59. The Bertz CT molecular complexity index is 1170. The van der Waals surface area contributed by atoms with E-state index in [0.29, 0.717) is 16.8 Å². The van der Waals surface area contributed by atoms with Crippen LogP contribution < -0.4 is 10.1 Å². The summed E-state index contributed by atoms with van der Waals surface area (Å²) in [5.41, 5.74) is 2.18. The number of halogens is 1. The van der Waals surface area contributed by atoms with E-state index in [4.69, 9.17) is 4.74 Å². The molecule has 1 atom stereocenters. The van der Waals surface area contributed by atoms with Gasteiger partial charge in [0.2, 0.25) is 5.91 Å². The molecule has 0 bridgehead atoms. The zero-order valence-electron chi connectivity index (χ0n) is 18.3. The molecule has 3 rings (SSSR count). The quantitative estimate of drug-likeness (QED) is 0.317. The van der Waals surface area contributed by atoms with Crippen molar-refractivity contribution in [2.45, 2.75) is 18.8 Å². The lowest BCUT2D eigenvalue weighted by Crippen LogP contribution is -2.48. The first-order valence-electron chi connectivity index (χ1n) is 10.6. The second-order valence-electron chi connectivity index (χ2n) is 7.45. The Labute approximate surface area is 197 Å². The number of ether oxygens (including phenoxy) is 1. The largest absolute Gasteiger partial charge is 0.490 e. The number of pyridine rings is 1. The van der Waals surface area contributed by atoms with E-state index in [-0.39, 0.29) is 25.2 Å². The topological polar surface area (TPSA) is 115 Å². The van der Waals surface area contributed by atoms with Gasteiger partial charge in [-0.05, 0) is 47.9 Å². The molecule has 0 radical (unpaired) electrons. The number of nitrogens with zero attached hydrogens (tertiary/aromatic N) is 2. The minimum absolute atomic E-state index is 0.0668. The molecule has 1 heterocycles. The first-order valence-corrected chi connectivity index (χ1v) is 10.6. The van der Waals surface area contributed by atoms with E-state index in [9.17, 15) is 24.5 Å². The molecule has 0 aliphatic heterocycles. The van der Waals surface area contributed by atoms with Gasteiger partial charge in [-0.1, -0.05) is 42.5 Å². The van der Waals surface area contributed by atoms with Crippen LogP contribution in [0.25, 0.3) is 11.6 Å². The van der Waals surface area contributed by atoms with Crippen LogP contribution >= 0.6 is 0 Å². The van der Waals surface area contributed by atoms with Crippen molar-refractivity contribution in [2.24, 2.45) is 0 Å². The number of amides is 1. The SMILES string of the molecule is N#CC(=Cc1ccc(F)c(OCCC(=O)NC(Cc2ccccc2)B(O)O)c1)c1ccccn1. The number of nitriles is 1. The van der Waals surface area contributed by atoms with Crippen molar-refractivity contribution in [3.63, 3.8) is 0 Å². The Morgan fingerprint density at radius 1 is 1.18 bits per heavy atom. The van der Waals surface area contributed by atoms with E-state index in [1.165, 1.54) is 18.2 Å². The van der Waals surface area contributed by atoms with E-state index in [1.807, 2.05) is 30.3 Å². The van der Waals surface area contributed by atoms with Crippen LogP contribution in [0.15, 0.2) is 72.9 Å². The molecular weight excluding hydrogens is 436 g/mol. The molecule has 0 fully saturated rings. The van der Waals surface area contributed by atoms with Gasteiger partial charge >= 0.3 is 7.12 Å². The highest BCUT2D eigenvalue weighted by Crippen LogP contribution is 2.22. The van der Waals surface area contributed by atoms with Crippen molar-refractivity contribution in [3.05, 3.63) is 95.6 Å². The number of aromatic nitrogens is 1.